The molecule has 5 N–H and O–H groups in total. The van der Waals surface area contributed by atoms with E-state index in [1.807, 2.05) is 0 Å². The molecule has 20 heavy (non-hydrogen) atoms. The quantitative estimate of drug-likeness (QED) is 0.486. The molecule has 0 aliphatic heterocycles. The number of aromatic nitrogens is 1. The first kappa shape index (κ1) is 13.8. The van der Waals surface area contributed by atoms with Gasteiger partial charge in [-0.2, -0.15) is 0 Å². The zero-order valence-electron chi connectivity index (χ0n) is 10.6. The number of aliphatic carboxylic acids is 1. The molecule has 8 nitrogen and oxygen atoms in total. The van der Waals surface area contributed by atoms with E-state index in [0.29, 0.717) is 11.3 Å². The highest BCUT2D eigenvalue weighted by Gasteiger charge is 2.23. The van der Waals surface area contributed by atoms with Gasteiger partial charge in [-0.3, -0.25) is 14.9 Å². The number of aromatic hydroxyl groups is 1. The summed E-state index contributed by atoms with van der Waals surface area (Å²) in [6, 6.07) is 1.25. The van der Waals surface area contributed by atoms with Crippen molar-refractivity contribution in [1.82, 2.24) is 4.98 Å². The van der Waals surface area contributed by atoms with Gasteiger partial charge in [-0.15, -0.1) is 0 Å². The van der Waals surface area contributed by atoms with Crippen molar-refractivity contribution in [2.75, 3.05) is 0 Å². The third kappa shape index (κ3) is 2.16. The molecule has 0 fully saturated rings. The van der Waals surface area contributed by atoms with E-state index in [4.69, 9.17) is 10.8 Å². The van der Waals surface area contributed by atoms with Gasteiger partial charge in [-0.1, -0.05) is 0 Å². The number of phenolic OH excluding ortho intramolecular Hbond substituents is 1. The maximum atomic E-state index is 11.0. The molecule has 0 aliphatic rings. The molecule has 1 atom stereocenters. The molecular weight excluding hydrogens is 266 g/mol. The molecule has 0 bridgehead atoms. The Morgan fingerprint density at radius 2 is 2.20 bits per heavy atom. The van der Waals surface area contributed by atoms with E-state index in [2.05, 4.69) is 4.98 Å². The maximum Gasteiger partial charge on any atom is 0.320 e. The van der Waals surface area contributed by atoms with Gasteiger partial charge in [0.1, 0.15) is 17.3 Å². The second kappa shape index (κ2) is 4.82. The summed E-state index contributed by atoms with van der Waals surface area (Å²) in [5, 5.41) is 29.9. The van der Waals surface area contributed by atoms with Crippen LogP contribution >= 0.6 is 0 Å². The number of hydrogen-bond acceptors (Lipinski definition) is 5. The summed E-state index contributed by atoms with van der Waals surface area (Å²) in [6.45, 7) is 1.65. The number of rotatable bonds is 4. The van der Waals surface area contributed by atoms with Crippen molar-refractivity contribution in [3.05, 3.63) is 33.5 Å². The summed E-state index contributed by atoms with van der Waals surface area (Å²) in [7, 11) is 0. The minimum atomic E-state index is -1.18. The first-order chi connectivity index (χ1) is 9.32. The molecule has 106 valence electrons. The predicted molar refractivity (Wildman–Crippen MR) is 70.7 cm³/mol. The summed E-state index contributed by atoms with van der Waals surface area (Å²) in [4.78, 5) is 24.0. The van der Waals surface area contributed by atoms with Crippen molar-refractivity contribution in [3.63, 3.8) is 0 Å². The number of hydrogen-bond donors (Lipinski definition) is 4. The second-order valence-electron chi connectivity index (χ2n) is 4.49. The van der Waals surface area contributed by atoms with Crippen LogP contribution in [0.15, 0.2) is 12.1 Å². The lowest BCUT2D eigenvalue weighted by Crippen LogP contribution is -2.32. The molecule has 8 heteroatoms. The molecule has 2 rings (SSSR count). The SMILES string of the molecule is Cc1[nH]c2c([N+](=O)[O-])ccc(O)c2c1CC(N)C(=O)O. The molecule has 2 aromatic rings. The molecular formula is C12H13N3O5. The van der Waals surface area contributed by atoms with Gasteiger partial charge in [0.15, 0.2) is 0 Å². The number of carbonyl (C=O) groups is 1. The Bertz CT molecular complexity index is 707. The highest BCUT2D eigenvalue weighted by atomic mass is 16.6. The Kier molecular flexibility index (Phi) is 3.33. The predicted octanol–water partition coefficient (Wildman–Crippen LogP) is 1.04. The third-order valence-corrected chi connectivity index (χ3v) is 3.17. The maximum absolute atomic E-state index is 11.0. The fourth-order valence-corrected chi connectivity index (χ4v) is 2.18. The van der Waals surface area contributed by atoms with E-state index in [1.165, 1.54) is 12.1 Å². The van der Waals surface area contributed by atoms with Crippen molar-refractivity contribution in [3.8, 4) is 5.75 Å². The molecule has 0 radical (unpaired) electrons. The van der Waals surface area contributed by atoms with Crippen LogP contribution in [0.4, 0.5) is 5.69 Å². The molecule has 0 spiro atoms. The number of nitrogens with one attached hydrogen (secondary N) is 1. The van der Waals surface area contributed by atoms with Gasteiger partial charge in [0, 0.05) is 18.2 Å². The topological polar surface area (TPSA) is 142 Å². The van der Waals surface area contributed by atoms with Crippen molar-refractivity contribution in [2.24, 2.45) is 5.73 Å². The number of fused-ring (bicyclic) bond motifs is 1. The molecule has 1 heterocycles. The normalized spacial score (nSPS) is 12.5. The number of aryl methyl sites for hydroxylation is 1. The zero-order valence-corrected chi connectivity index (χ0v) is 10.6. The molecule has 0 amide bonds. The van der Waals surface area contributed by atoms with E-state index in [1.54, 1.807) is 6.92 Å². The Morgan fingerprint density at radius 3 is 2.75 bits per heavy atom. The Hall–Kier alpha value is -2.61. The van der Waals surface area contributed by atoms with Crippen molar-refractivity contribution in [2.45, 2.75) is 19.4 Å². The smallest absolute Gasteiger partial charge is 0.320 e. The van der Waals surface area contributed by atoms with E-state index >= 15 is 0 Å². The van der Waals surface area contributed by atoms with Crippen LogP contribution < -0.4 is 5.73 Å². The fourth-order valence-electron chi connectivity index (χ4n) is 2.18. The van der Waals surface area contributed by atoms with E-state index in [-0.39, 0.29) is 28.8 Å². The van der Waals surface area contributed by atoms with Crippen LogP contribution in [0, 0.1) is 17.0 Å². The van der Waals surface area contributed by atoms with Gasteiger partial charge in [0.25, 0.3) is 5.69 Å². The molecule has 0 saturated carbocycles. The number of carboxylic acid groups (broad SMARTS) is 1. The Balaban J connectivity index is 2.67. The summed E-state index contributed by atoms with van der Waals surface area (Å²) >= 11 is 0. The van der Waals surface area contributed by atoms with Crippen LogP contribution in [0.5, 0.6) is 5.75 Å². The first-order valence-electron chi connectivity index (χ1n) is 5.78. The summed E-state index contributed by atoms with van der Waals surface area (Å²) in [5.41, 5.74) is 6.48. The minimum absolute atomic E-state index is 0.0319. The standard InChI is InChI=1S/C12H13N3O5/c1-5-6(4-7(13)12(17)18)10-9(16)3-2-8(15(19)20)11(10)14-5/h2-3,7,14,16H,4,13H2,1H3,(H,17,18). The van der Waals surface area contributed by atoms with Gasteiger partial charge < -0.3 is 20.9 Å². The highest BCUT2D eigenvalue weighted by Crippen LogP contribution is 2.36. The van der Waals surface area contributed by atoms with Crippen molar-refractivity contribution in [1.29, 1.82) is 0 Å². The van der Waals surface area contributed by atoms with Crippen LogP contribution in [-0.2, 0) is 11.2 Å². The molecule has 0 saturated heterocycles. The Morgan fingerprint density at radius 1 is 1.55 bits per heavy atom. The summed E-state index contributed by atoms with van der Waals surface area (Å²) < 4.78 is 0. The van der Waals surface area contributed by atoms with Crippen molar-refractivity contribution < 1.29 is 19.9 Å². The number of nitrogens with two attached hydrogens (primary N) is 1. The Labute approximate surface area is 113 Å². The first-order valence-corrected chi connectivity index (χ1v) is 5.78. The number of nitro groups is 1. The molecule has 1 unspecified atom stereocenters. The number of carboxylic acids is 1. The third-order valence-electron chi connectivity index (χ3n) is 3.17. The summed E-state index contributed by atoms with van der Waals surface area (Å²) in [5.74, 6) is -1.33. The van der Waals surface area contributed by atoms with Crippen LogP contribution in [0.25, 0.3) is 10.9 Å². The monoisotopic (exact) mass is 279 g/mol. The molecule has 1 aromatic heterocycles. The average Bonchev–Trinajstić information content (AvgIpc) is 2.67. The number of benzene rings is 1. The van der Waals surface area contributed by atoms with Crippen LogP contribution in [0.3, 0.4) is 0 Å². The summed E-state index contributed by atoms with van der Waals surface area (Å²) in [6.07, 6.45) is -0.0319. The fraction of sp³-hybridized carbons (Fsp3) is 0.250. The number of H-pyrrole nitrogens is 1. The van der Waals surface area contributed by atoms with Gasteiger partial charge in [-0.25, -0.2) is 0 Å². The lowest BCUT2D eigenvalue weighted by molar-refractivity contribution is -0.383. The number of aromatic amines is 1. The zero-order chi connectivity index (χ0) is 15.0. The molecule has 0 aliphatic carbocycles. The average molecular weight is 279 g/mol. The van der Waals surface area contributed by atoms with Gasteiger partial charge >= 0.3 is 5.97 Å². The van der Waals surface area contributed by atoms with Crippen molar-refractivity contribution >= 4 is 22.6 Å². The van der Waals surface area contributed by atoms with Crippen LogP contribution in [-0.4, -0.2) is 32.1 Å². The van der Waals surface area contributed by atoms with Gasteiger partial charge in [0.2, 0.25) is 0 Å². The van der Waals surface area contributed by atoms with Gasteiger partial charge in [0.05, 0.1) is 10.3 Å². The second-order valence-corrected chi connectivity index (χ2v) is 4.49. The van der Waals surface area contributed by atoms with E-state index in [0.717, 1.165) is 0 Å². The number of nitrogens with zero attached hydrogens (tertiary/aromatic N) is 1. The van der Waals surface area contributed by atoms with Crippen LogP contribution in [0.1, 0.15) is 11.3 Å². The lowest BCUT2D eigenvalue weighted by atomic mass is 10.0. The molecule has 1 aromatic carbocycles. The lowest BCUT2D eigenvalue weighted by Gasteiger charge is -2.07. The number of phenols is 1. The number of nitro benzene ring substituents is 1. The number of non-ortho nitro benzene ring substituents is 1. The largest absolute Gasteiger partial charge is 0.507 e. The highest BCUT2D eigenvalue weighted by molar-refractivity contribution is 5.96. The van der Waals surface area contributed by atoms with E-state index in [9.17, 15) is 20.0 Å². The van der Waals surface area contributed by atoms with E-state index < -0.39 is 16.9 Å². The minimum Gasteiger partial charge on any atom is -0.507 e. The van der Waals surface area contributed by atoms with Gasteiger partial charge in [-0.05, 0) is 18.6 Å². The van der Waals surface area contributed by atoms with Crippen LogP contribution in [0.2, 0.25) is 0 Å².